The van der Waals surface area contributed by atoms with E-state index < -0.39 is 0 Å². The maximum Gasteiger partial charge on any atom is 0.0695 e. The van der Waals surface area contributed by atoms with E-state index in [4.69, 9.17) is 0 Å². The van der Waals surface area contributed by atoms with Crippen LogP contribution in [0.3, 0.4) is 0 Å². The van der Waals surface area contributed by atoms with Gasteiger partial charge in [0.1, 0.15) is 0 Å². The van der Waals surface area contributed by atoms with E-state index in [1.54, 1.807) is 0 Å². The highest BCUT2D eigenvalue weighted by atomic mass is 32.2. The molecule has 0 bridgehead atoms. The van der Waals surface area contributed by atoms with Crippen LogP contribution in [0.25, 0.3) is 11.3 Å². The summed E-state index contributed by atoms with van der Waals surface area (Å²) < 4.78 is 0. The molecule has 2 rings (SSSR count). The number of thioether (sulfide) groups is 1. The summed E-state index contributed by atoms with van der Waals surface area (Å²) in [4.78, 5) is 0. The Morgan fingerprint density at radius 2 is 2.11 bits per heavy atom. The second kappa shape index (κ2) is 6.61. The molecule has 0 aliphatic rings. The van der Waals surface area contributed by atoms with Crippen molar-refractivity contribution in [2.24, 2.45) is 0 Å². The van der Waals surface area contributed by atoms with Crippen molar-refractivity contribution in [3.05, 3.63) is 42.1 Å². The van der Waals surface area contributed by atoms with Gasteiger partial charge in [0, 0.05) is 23.9 Å². The van der Waals surface area contributed by atoms with Crippen LogP contribution in [0.2, 0.25) is 0 Å². The van der Waals surface area contributed by atoms with E-state index in [1.807, 2.05) is 36.2 Å². The molecule has 1 heterocycles. The molecule has 0 amide bonds. The second-order valence-corrected chi connectivity index (χ2v) is 5.59. The maximum atomic E-state index is 4.15. The fourth-order valence-corrected chi connectivity index (χ4v) is 2.08. The summed E-state index contributed by atoms with van der Waals surface area (Å²) in [5, 5.41) is 11.3. The third-order valence-electron chi connectivity index (χ3n) is 2.93. The minimum atomic E-state index is 0.636. The van der Waals surface area contributed by atoms with Gasteiger partial charge >= 0.3 is 0 Å². The molecule has 0 radical (unpaired) electrons. The van der Waals surface area contributed by atoms with Gasteiger partial charge in [-0.05, 0) is 11.8 Å². The Morgan fingerprint density at radius 1 is 1.33 bits per heavy atom. The molecule has 18 heavy (non-hydrogen) atoms. The van der Waals surface area contributed by atoms with Crippen molar-refractivity contribution in [3.63, 3.8) is 0 Å². The number of nitrogens with zero attached hydrogens (tertiary/aromatic N) is 1. The number of H-pyrrole nitrogens is 1. The fraction of sp³-hybridized carbons (Fsp3) is 0.357. The highest BCUT2D eigenvalue weighted by molar-refractivity contribution is 7.99. The Balaban J connectivity index is 2.00. The molecule has 2 aromatic rings. The molecule has 0 aliphatic carbocycles. The molecule has 1 unspecified atom stereocenters. The van der Waals surface area contributed by atoms with Crippen molar-refractivity contribution >= 4 is 11.8 Å². The van der Waals surface area contributed by atoms with Crippen molar-refractivity contribution in [3.8, 4) is 11.3 Å². The molecule has 0 saturated heterocycles. The summed E-state index contributed by atoms with van der Waals surface area (Å²) in [5.74, 6) is 0. The summed E-state index contributed by atoms with van der Waals surface area (Å²) in [7, 11) is 0. The SMILES string of the molecule is CSC(C)CNCc1cn[nH]c1-c1ccccc1. The zero-order chi connectivity index (χ0) is 12.8. The summed E-state index contributed by atoms with van der Waals surface area (Å²) in [6.07, 6.45) is 4.04. The minimum Gasteiger partial charge on any atom is -0.311 e. The molecule has 1 atom stereocenters. The molecule has 2 N–H and O–H groups in total. The molecule has 1 aromatic heterocycles. The summed E-state index contributed by atoms with van der Waals surface area (Å²) in [6.45, 7) is 4.09. The molecule has 0 spiro atoms. The Hall–Kier alpha value is -1.26. The zero-order valence-electron chi connectivity index (χ0n) is 10.8. The molecule has 0 fully saturated rings. The van der Waals surface area contributed by atoms with Gasteiger partial charge in [0.25, 0.3) is 0 Å². The smallest absolute Gasteiger partial charge is 0.0695 e. The van der Waals surface area contributed by atoms with Crippen LogP contribution in [-0.2, 0) is 6.54 Å². The van der Waals surface area contributed by atoms with E-state index in [9.17, 15) is 0 Å². The summed E-state index contributed by atoms with van der Waals surface area (Å²) in [6, 6.07) is 10.3. The highest BCUT2D eigenvalue weighted by Gasteiger charge is 2.07. The number of nitrogens with one attached hydrogen (secondary N) is 2. The first-order valence-electron chi connectivity index (χ1n) is 6.12. The van der Waals surface area contributed by atoms with Gasteiger partial charge in [-0.25, -0.2) is 0 Å². The molecular formula is C14H19N3S. The Labute approximate surface area is 112 Å². The number of hydrogen-bond donors (Lipinski definition) is 2. The predicted molar refractivity (Wildman–Crippen MR) is 78.7 cm³/mol. The van der Waals surface area contributed by atoms with E-state index in [0.29, 0.717) is 5.25 Å². The number of benzene rings is 1. The van der Waals surface area contributed by atoms with Crippen LogP contribution in [0.15, 0.2) is 36.5 Å². The lowest BCUT2D eigenvalue weighted by molar-refractivity contribution is 0.685. The number of aromatic amines is 1. The third-order valence-corrected chi connectivity index (χ3v) is 3.90. The number of hydrogen-bond acceptors (Lipinski definition) is 3. The van der Waals surface area contributed by atoms with Gasteiger partial charge in [0.05, 0.1) is 11.9 Å². The normalized spacial score (nSPS) is 12.6. The van der Waals surface area contributed by atoms with Crippen LogP contribution in [0.5, 0.6) is 0 Å². The second-order valence-electron chi connectivity index (χ2n) is 4.31. The lowest BCUT2D eigenvalue weighted by Gasteiger charge is -2.09. The molecule has 4 heteroatoms. The molecule has 3 nitrogen and oxygen atoms in total. The van der Waals surface area contributed by atoms with E-state index in [1.165, 1.54) is 11.1 Å². The van der Waals surface area contributed by atoms with Crippen LogP contribution in [-0.4, -0.2) is 28.2 Å². The van der Waals surface area contributed by atoms with Crippen LogP contribution in [0.1, 0.15) is 12.5 Å². The van der Waals surface area contributed by atoms with Crippen LogP contribution in [0.4, 0.5) is 0 Å². The first-order valence-corrected chi connectivity index (χ1v) is 7.41. The lowest BCUT2D eigenvalue weighted by Crippen LogP contribution is -2.22. The predicted octanol–water partition coefficient (Wildman–Crippen LogP) is 2.92. The molecular weight excluding hydrogens is 242 g/mol. The van der Waals surface area contributed by atoms with Crippen LogP contribution < -0.4 is 5.32 Å². The van der Waals surface area contributed by atoms with Gasteiger partial charge in [0.15, 0.2) is 0 Å². The van der Waals surface area contributed by atoms with Crippen molar-refractivity contribution < 1.29 is 0 Å². The maximum absolute atomic E-state index is 4.15. The van der Waals surface area contributed by atoms with Gasteiger partial charge in [0.2, 0.25) is 0 Å². The van der Waals surface area contributed by atoms with Gasteiger partial charge < -0.3 is 5.32 Å². The number of aromatic nitrogens is 2. The van der Waals surface area contributed by atoms with Crippen molar-refractivity contribution in [1.29, 1.82) is 0 Å². The first-order chi connectivity index (χ1) is 8.81. The minimum absolute atomic E-state index is 0.636. The van der Waals surface area contributed by atoms with Crippen molar-refractivity contribution in [2.45, 2.75) is 18.7 Å². The van der Waals surface area contributed by atoms with E-state index in [0.717, 1.165) is 18.8 Å². The monoisotopic (exact) mass is 261 g/mol. The topological polar surface area (TPSA) is 40.7 Å². The lowest BCUT2D eigenvalue weighted by atomic mass is 10.1. The first kappa shape index (κ1) is 13.2. The number of rotatable bonds is 6. The van der Waals surface area contributed by atoms with Gasteiger partial charge in [-0.15, -0.1) is 0 Å². The van der Waals surface area contributed by atoms with Crippen LogP contribution in [0, 0.1) is 0 Å². The fourth-order valence-electron chi connectivity index (χ4n) is 1.79. The van der Waals surface area contributed by atoms with Crippen molar-refractivity contribution in [1.82, 2.24) is 15.5 Å². The zero-order valence-corrected chi connectivity index (χ0v) is 11.6. The molecule has 0 aliphatic heterocycles. The van der Waals surface area contributed by atoms with Gasteiger partial charge in [-0.1, -0.05) is 37.3 Å². The Kier molecular flexibility index (Phi) is 4.84. The van der Waals surface area contributed by atoms with E-state index >= 15 is 0 Å². The van der Waals surface area contributed by atoms with Crippen molar-refractivity contribution in [2.75, 3.05) is 12.8 Å². The average Bonchev–Trinajstić information content (AvgIpc) is 2.88. The Morgan fingerprint density at radius 3 is 2.83 bits per heavy atom. The molecule has 1 aromatic carbocycles. The standard InChI is InChI=1S/C14H19N3S/c1-11(18-2)8-15-9-13-10-16-17-14(13)12-6-4-3-5-7-12/h3-7,10-11,15H,8-9H2,1-2H3,(H,16,17). The summed E-state index contributed by atoms with van der Waals surface area (Å²) >= 11 is 1.88. The van der Waals surface area contributed by atoms with E-state index in [2.05, 4.69) is 40.8 Å². The quantitative estimate of drug-likeness (QED) is 0.840. The molecule has 96 valence electrons. The summed E-state index contributed by atoms with van der Waals surface area (Å²) in [5.41, 5.74) is 3.51. The van der Waals surface area contributed by atoms with Gasteiger partial charge in [-0.3, -0.25) is 5.10 Å². The third kappa shape index (κ3) is 3.37. The van der Waals surface area contributed by atoms with Gasteiger partial charge in [-0.2, -0.15) is 16.9 Å². The van der Waals surface area contributed by atoms with E-state index in [-0.39, 0.29) is 0 Å². The average molecular weight is 261 g/mol. The highest BCUT2D eigenvalue weighted by Crippen LogP contribution is 2.20. The van der Waals surface area contributed by atoms with Crippen LogP contribution >= 0.6 is 11.8 Å². The largest absolute Gasteiger partial charge is 0.311 e. The Bertz CT molecular complexity index is 467. The molecule has 0 saturated carbocycles.